The number of nitrogens with zero attached hydrogens (tertiary/aromatic N) is 3. The van der Waals surface area contributed by atoms with E-state index in [2.05, 4.69) is 31.4 Å². The average molecular weight is 839 g/mol. The van der Waals surface area contributed by atoms with Crippen molar-refractivity contribution < 1.29 is 33.6 Å². The van der Waals surface area contributed by atoms with Gasteiger partial charge in [-0.1, -0.05) is 82.6 Å². The number of halogens is 2. The number of rotatable bonds is 15. The van der Waals surface area contributed by atoms with E-state index in [1.54, 1.807) is 24.3 Å². The predicted octanol–water partition coefficient (Wildman–Crippen LogP) is 5.13. The van der Waals surface area contributed by atoms with Crippen molar-refractivity contribution in [1.82, 2.24) is 36.3 Å². The lowest BCUT2D eigenvalue weighted by Gasteiger charge is -2.37. The summed E-state index contributed by atoms with van der Waals surface area (Å²) >= 11 is 13.1. The lowest BCUT2D eigenvalue weighted by molar-refractivity contribution is -0.146. The minimum absolute atomic E-state index is 0.0351. The van der Waals surface area contributed by atoms with Crippen LogP contribution < -0.4 is 21.4 Å². The highest BCUT2D eigenvalue weighted by Gasteiger charge is 2.54. The van der Waals surface area contributed by atoms with Crippen LogP contribution in [-0.2, 0) is 28.8 Å². The third kappa shape index (κ3) is 10.1. The summed E-state index contributed by atoms with van der Waals surface area (Å²) in [6.07, 6.45) is 12.6. The van der Waals surface area contributed by atoms with Crippen molar-refractivity contribution in [3.63, 3.8) is 0 Å². The average Bonchev–Trinajstić information content (AvgIpc) is 3.80. The van der Waals surface area contributed by atoms with E-state index in [1.807, 2.05) is 27.7 Å². The minimum Gasteiger partial charge on any atom is -0.347 e. The fourth-order valence-electron chi connectivity index (χ4n) is 8.19. The summed E-state index contributed by atoms with van der Waals surface area (Å²) < 4.78 is 0. The van der Waals surface area contributed by atoms with Crippen molar-refractivity contribution in [2.75, 3.05) is 6.54 Å². The van der Waals surface area contributed by atoms with E-state index < -0.39 is 64.5 Å². The first kappa shape index (κ1) is 43.2. The Labute approximate surface area is 348 Å². The van der Waals surface area contributed by atoms with E-state index in [-0.39, 0.29) is 49.2 Å². The maximum absolute atomic E-state index is 15.0. The molecule has 16 heteroatoms. The van der Waals surface area contributed by atoms with Gasteiger partial charge in [0.1, 0.15) is 23.4 Å². The number of aromatic nitrogens is 2. The molecule has 0 radical (unpaired) electrons. The first-order valence-corrected chi connectivity index (χ1v) is 21.0. The number of nitrogens with one attached hydrogen (secondary N) is 4. The molecule has 3 fully saturated rings. The summed E-state index contributed by atoms with van der Waals surface area (Å²) in [7, 11) is 0. The van der Waals surface area contributed by atoms with Crippen molar-refractivity contribution in [2.24, 2.45) is 17.3 Å². The Bertz CT molecular complexity index is 1910. The fraction of sp³-hybridized carbons (Fsp3) is 0.571. The summed E-state index contributed by atoms with van der Waals surface area (Å²) in [4.78, 5) is 99.3. The SMILES string of the molecule is CCC[C@H](NC(=O)[C@@H]1C[C@@]2(C=C(c3c(Cl)cccc3Cl)NO2)CN1C(=O)[C@@H](NC(=O)[C@@H](CC(=O)c1cnccn1)C1CCCCC1)C(C)(C)C)C(=O)C(=O)NC1CC1. The number of hydrogen-bond acceptors (Lipinski definition) is 10. The highest BCUT2D eigenvalue weighted by atomic mass is 35.5. The van der Waals surface area contributed by atoms with E-state index in [4.69, 9.17) is 28.0 Å². The molecular formula is C42H53Cl2N7O7. The Morgan fingerprint density at radius 1 is 1.00 bits per heavy atom. The van der Waals surface area contributed by atoms with Crippen molar-refractivity contribution in [1.29, 1.82) is 0 Å². The molecule has 1 spiro atoms. The molecule has 4 N–H and O–H groups in total. The largest absolute Gasteiger partial charge is 0.347 e. The van der Waals surface area contributed by atoms with Crippen molar-refractivity contribution in [2.45, 2.75) is 128 Å². The summed E-state index contributed by atoms with van der Waals surface area (Å²) in [5.41, 5.74) is 1.88. The lowest BCUT2D eigenvalue weighted by atomic mass is 9.76. The van der Waals surface area contributed by atoms with Crippen LogP contribution in [0.3, 0.4) is 0 Å². The molecule has 312 valence electrons. The first-order chi connectivity index (χ1) is 27.6. The van der Waals surface area contributed by atoms with Crippen LogP contribution in [0.25, 0.3) is 5.70 Å². The summed E-state index contributed by atoms with van der Waals surface area (Å²) in [5.74, 6) is -4.27. The highest BCUT2D eigenvalue weighted by Crippen LogP contribution is 2.42. The van der Waals surface area contributed by atoms with E-state index in [0.717, 1.165) is 44.9 Å². The van der Waals surface area contributed by atoms with Gasteiger partial charge >= 0.3 is 0 Å². The standard InChI is InChI=1S/C42H53Cl2N7O7/c1-5-10-29(35(53)39(56)47-25-15-16-25)48-38(55)32-21-42(20-30(50-58-42)34-27(43)13-9-14-28(34)44)23-51(32)40(57)36(41(2,3)4)49-37(54)26(24-11-7-6-8-12-24)19-33(52)31-22-45-17-18-46-31/h9,13-14,17-18,20,22,24-26,29,32,36,50H,5-8,10-12,15-16,19,21,23H2,1-4H3,(H,47,56)(H,48,55)(H,49,54)/t26-,29-,32-,36+,42-/m0/s1. The molecule has 6 rings (SSSR count). The Morgan fingerprint density at radius 2 is 1.71 bits per heavy atom. The normalized spacial score (nSPS) is 22.3. The zero-order chi connectivity index (χ0) is 41.8. The summed E-state index contributed by atoms with van der Waals surface area (Å²) in [5, 5.41) is 9.24. The van der Waals surface area contributed by atoms with Crippen LogP contribution in [-0.4, -0.2) is 86.4 Å². The summed E-state index contributed by atoms with van der Waals surface area (Å²) in [6.45, 7) is 7.17. The number of amides is 4. The molecule has 3 heterocycles. The number of likely N-dealkylation sites (tertiary alicyclic amines) is 1. The fourth-order valence-corrected chi connectivity index (χ4v) is 8.79. The van der Waals surface area contributed by atoms with Gasteiger partial charge in [-0.25, -0.2) is 4.98 Å². The smallest absolute Gasteiger partial charge is 0.289 e. The molecule has 58 heavy (non-hydrogen) atoms. The maximum atomic E-state index is 15.0. The van der Waals surface area contributed by atoms with Crippen molar-refractivity contribution >= 4 is 64.1 Å². The van der Waals surface area contributed by atoms with E-state index in [0.29, 0.717) is 27.7 Å². The third-order valence-electron chi connectivity index (χ3n) is 11.5. The molecule has 2 aromatic rings. The van der Waals surface area contributed by atoms with Gasteiger partial charge in [0.15, 0.2) is 5.78 Å². The lowest BCUT2D eigenvalue weighted by Crippen LogP contribution is -2.60. The molecule has 4 amide bonds. The zero-order valence-electron chi connectivity index (χ0n) is 33.4. The second-order valence-electron chi connectivity index (χ2n) is 17.1. The van der Waals surface area contributed by atoms with Gasteiger partial charge in [0, 0.05) is 42.8 Å². The molecule has 2 aliphatic heterocycles. The quantitative estimate of drug-likeness (QED) is 0.138. The van der Waals surface area contributed by atoms with E-state index >= 15 is 4.79 Å². The van der Waals surface area contributed by atoms with Gasteiger partial charge in [-0.2, -0.15) is 0 Å². The van der Waals surface area contributed by atoms with Gasteiger partial charge in [-0.05, 0) is 61.6 Å². The monoisotopic (exact) mass is 837 g/mol. The number of carbonyl (C=O) groups excluding carboxylic acids is 6. The Hall–Kier alpha value is -4.40. The maximum Gasteiger partial charge on any atom is 0.289 e. The number of hydroxylamine groups is 1. The van der Waals surface area contributed by atoms with Crippen LogP contribution in [0.15, 0.2) is 42.9 Å². The van der Waals surface area contributed by atoms with Crippen LogP contribution in [0.2, 0.25) is 10.0 Å². The zero-order valence-corrected chi connectivity index (χ0v) is 35.0. The van der Waals surface area contributed by atoms with Gasteiger partial charge in [0.05, 0.1) is 34.5 Å². The molecule has 2 aliphatic carbocycles. The minimum atomic E-state index is -1.25. The number of Topliss-reactive ketones (excluding diaryl/α,β-unsaturated/α-hetero) is 2. The number of carbonyl (C=O) groups is 6. The molecule has 1 saturated heterocycles. The Balaban J connectivity index is 1.31. The second-order valence-corrected chi connectivity index (χ2v) is 17.9. The Morgan fingerprint density at radius 3 is 2.33 bits per heavy atom. The summed E-state index contributed by atoms with van der Waals surface area (Å²) in [6, 6.07) is 1.57. The molecule has 4 aliphatic rings. The van der Waals surface area contributed by atoms with Gasteiger partial charge in [0.2, 0.25) is 23.5 Å². The molecule has 5 atom stereocenters. The molecule has 0 unspecified atom stereocenters. The van der Waals surface area contributed by atoms with E-state index in [1.165, 1.54) is 23.5 Å². The van der Waals surface area contributed by atoms with E-state index in [9.17, 15) is 24.0 Å². The van der Waals surface area contributed by atoms with Gasteiger partial charge < -0.3 is 20.9 Å². The molecule has 1 aromatic heterocycles. The second kappa shape index (κ2) is 18.3. The van der Waals surface area contributed by atoms with Crippen molar-refractivity contribution in [3.05, 3.63) is 64.2 Å². The number of hydrogen-bond donors (Lipinski definition) is 4. The van der Waals surface area contributed by atoms with Crippen LogP contribution >= 0.6 is 23.2 Å². The van der Waals surface area contributed by atoms with Crippen molar-refractivity contribution in [3.8, 4) is 0 Å². The predicted molar refractivity (Wildman–Crippen MR) is 217 cm³/mol. The van der Waals surface area contributed by atoms with Gasteiger partial charge in [0.25, 0.3) is 5.91 Å². The Kier molecular flexibility index (Phi) is 13.6. The molecule has 14 nitrogen and oxygen atoms in total. The van der Waals surface area contributed by atoms with Crippen LogP contribution in [0.4, 0.5) is 0 Å². The molecule has 0 bridgehead atoms. The number of ketones is 2. The molecule has 1 aromatic carbocycles. The molecular weight excluding hydrogens is 785 g/mol. The van der Waals surface area contributed by atoms with Crippen LogP contribution in [0.1, 0.15) is 114 Å². The van der Waals surface area contributed by atoms with Gasteiger partial charge in [-0.15, -0.1) is 0 Å². The molecule has 2 saturated carbocycles. The topological polar surface area (TPSA) is 189 Å². The van der Waals surface area contributed by atoms with Crippen LogP contribution in [0, 0.1) is 17.3 Å². The van der Waals surface area contributed by atoms with Crippen LogP contribution in [0.5, 0.6) is 0 Å². The third-order valence-corrected chi connectivity index (χ3v) is 12.1. The van der Waals surface area contributed by atoms with Gasteiger partial charge in [-0.3, -0.25) is 44.1 Å². The first-order valence-electron chi connectivity index (χ1n) is 20.3. The number of benzene rings is 1. The highest BCUT2D eigenvalue weighted by molar-refractivity contribution is 6.38.